The molecule has 0 aliphatic heterocycles. The SMILES string of the molecule is CCC(C)CC(O)C#CC(O)CC(C)(C)C. The molecule has 0 amide bonds. The summed E-state index contributed by atoms with van der Waals surface area (Å²) in [5, 5.41) is 19.3. The van der Waals surface area contributed by atoms with Gasteiger partial charge in [-0.1, -0.05) is 52.9 Å². The van der Waals surface area contributed by atoms with E-state index in [1.807, 2.05) is 0 Å². The quantitative estimate of drug-likeness (QED) is 0.723. The summed E-state index contributed by atoms with van der Waals surface area (Å²) < 4.78 is 0. The third kappa shape index (κ3) is 8.76. The van der Waals surface area contributed by atoms with Crippen molar-refractivity contribution in [3.05, 3.63) is 0 Å². The summed E-state index contributed by atoms with van der Waals surface area (Å²) in [5.41, 5.74) is 0.0652. The molecule has 0 aromatic carbocycles. The maximum absolute atomic E-state index is 9.64. The van der Waals surface area contributed by atoms with Crippen molar-refractivity contribution < 1.29 is 10.2 Å². The molecule has 3 atom stereocenters. The minimum absolute atomic E-state index is 0.0652. The van der Waals surface area contributed by atoms with Gasteiger partial charge < -0.3 is 10.2 Å². The largest absolute Gasteiger partial charge is 0.380 e. The summed E-state index contributed by atoms with van der Waals surface area (Å²) in [7, 11) is 0. The molecule has 0 aromatic heterocycles. The molecule has 2 heteroatoms. The van der Waals surface area contributed by atoms with Crippen LogP contribution in [0.25, 0.3) is 0 Å². The molecule has 0 rings (SSSR count). The van der Waals surface area contributed by atoms with Gasteiger partial charge in [0.05, 0.1) is 0 Å². The lowest BCUT2D eigenvalue weighted by molar-refractivity contribution is 0.167. The zero-order valence-corrected chi connectivity index (χ0v) is 11.2. The maximum atomic E-state index is 9.64. The Hall–Kier alpha value is -0.520. The highest BCUT2D eigenvalue weighted by molar-refractivity contribution is 5.09. The van der Waals surface area contributed by atoms with Gasteiger partial charge >= 0.3 is 0 Å². The van der Waals surface area contributed by atoms with Crippen molar-refractivity contribution in [2.24, 2.45) is 11.3 Å². The lowest BCUT2D eigenvalue weighted by atomic mass is 9.89. The van der Waals surface area contributed by atoms with E-state index in [0.717, 1.165) is 6.42 Å². The maximum Gasteiger partial charge on any atom is 0.115 e. The Morgan fingerprint density at radius 3 is 2.00 bits per heavy atom. The lowest BCUT2D eigenvalue weighted by Gasteiger charge is -2.19. The van der Waals surface area contributed by atoms with Crippen LogP contribution in [0.15, 0.2) is 0 Å². The van der Waals surface area contributed by atoms with Gasteiger partial charge in [-0.15, -0.1) is 0 Å². The molecule has 2 N–H and O–H groups in total. The predicted molar refractivity (Wildman–Crippen MR) is 67.9 cm³/mol. The lowest BCUT2D eigenvalue weighted by Crippen LogP contribution is -2.16. The van der Waals surface area contributed by atoms with Crippen LogP contribution in [0.4, 0.5) is 0 Å². The van der Waals surface area contributed by atoms with E-state index in [4.69, 9.17) is 0 Å². The summed E-state index contributed by atoms with van der Waals surface area (Å²) >= 11 is 0. The fourth-order valence-electron chi connectivity index (χ4n) is 1.43. The summed E-state index contributed by atoms with van der Waals surface area (Å²) in [6.07, 6.45) is 1.13. The van der Waals surface area contributed by atoms with E-state index in [-0.39, 0.29) is 5.41 Å². The molecular weight excluding hydrogens is 200 g/mol. The van der Waals surface area contributed by atoms with Crippen LogP contribution in [0.5, 0.6) is 0 Å². The monoisotopic (exact) mass is 226 g/mol. The molecule has 0 aliphatic carbocycles. The summed E-state index contributed by atoms with van der Waals surface area (Å²) in [5.74, 6) is 5.93. The second-order valence-electron chi connectivity index (χ2n) is 5.83. The van der Waals surface area contributed by atoms with Crippen LogP contribution in [0.3, 0.4) is 0 Å². The van der Waals surface area contributed by atoms with E-state index < -0.39 is 12.2 Å². The van der Waals surface area contributed by atoms with E-state index in [0.29, 0.717) is 18.8 Å². The van der Waals surface area contributed by atoms with E-state index >= 15 is 0 Å². The first-order chi connectivity index (χ1) is 7.24. The van der Waals surface area contributed by atoms with Crippen LogP contribution in [0.2, 0.25) is 0 Å². The number of hydrogen-bond donors (Lipinski definition) is 2. The van der Waals surface area contributed by atoms with E-state index in [1.54, 1.807) is 0 Å². The van der Waals surface area contributed by atoms with Gasteiger partial charge in [-0.3, -0.25) is 0 Å². The van der Waals surface area contributed by atoms with Crippen molar-refractivity contribution in [2.45, 2.75) is 66.1 Å². The smallest absolute Gasteiger partial charge is 0.115 e. The van der Waals surface area contributed by atoms with Gasteiger partial charge in [0.2, 0.25) is 0 Å². The molecule has 0 saturated heterocycles. The van der Waals surface area contributed by atoms with E-state index in [9.17, 15) is 10.2 Å². The van der Waals surface area contributed by atoms with Crippen molar-refractivity contribution in [3.8, 4) is 11.8 Å². The van der Waals surface area contributed by atoms with Gasteiger partial charge in [-0.2, -0.15) is 0 Å². The fourth-order valence-corrected chi connectivity index (χ4v) is 1.43. The Kier molecular flexibility index (Phi) is 6.71. The highest BCUT2D eigenvalue weighted by Crippen LogP contribution is 2.20. The van der Waals surface area contributed by atoms with Crippen LogP contribution in [-0.4, -0.2) is 22.4 Å². The Labute approximate surface area is 100 Å². The molecular formula is C14H26O2. The molecule has 3 unspecified atom stereocenters. The average Bonchev–Trinajstić information content (AvgIpc) is 2.12. The minimum Gasteiger partial charge on any atom is -0.380 e. The number of hydrogen-bond acceptors (Lipinski definition) is 2. The summed E-state index contributed by atoms with van der Waals surface area (Å²) in [4.78, 5) is 0. The Balaban J connectivity index is 4.07. The van der Waals surface area contributed by atoms with E-state index in [1.165, 1.54) is 0 Å². The fraction of sp³-hybridized carbons (Fsp3) is 0.857. The summed E-state index contributed by atoms with van der Waals surface area (Å²) in [6, 6.07) is 0. The minimum atomic E-state index is -0.633. The van der Waals surface area contributed by atoms with Crippen LogP contribution in [0, 0.1) is 23.2 Å². The normalized spacial score (nSPS) is 17.2. The van der Waals surface area contributed by atoms with Gasteiger partial charge in [0.15, 0.2) is 0 Å². The van der Waals surface area contributed by atoms with Gasteiger partial charge in [0.1, 0.15) is 12.2 Å². The second kappa shape index (κ2) is 6.93. The van der Waals surface area contributed by atoms with Gasteiger partial charge in [-0.05, 0) is 24.2 Å². The van der Waals surface area contributed by atoms with Gasteiger partial charge in [0.25, 0.3) is 0 Å². The molecule has 0 spiro atoms. The standard InChI is InChI=1S/C14H26O2/c1-6-11(2)9-12(15)7-8-13(16)10-14(3,4)5/h11-13,15-16H,6,9-10H2,1-5H3. The van der Waals surface area contributed by atoms with Gasteiger partial charge in [0, 0.05) is 0 Å². The van der Waals surface area contributed by atoms with Crippen molar-refractivity contribution in [2.75, 3.05) is 0 Å². The van der Waals surface area contributed by atoms with Crippen LogP contribution >= 0.6 is 0 Å². The molecule has 16 heavy (non-hydrogen) atoms. The molecule has 0 aromatic rings. The molecule has 0 bridgehead atoms. The van der Waals surface area contributed by atoms with Crippen molar-refractivity contribution >= 4 is 0 Å². The molecule has 0 heterocycles. The first-order valence-corrected chi connectivity index (χ1v) is 6.11. The third-order valence-electron chi connectivity index (χ3n) is 2.54. The van der Waals surface area contributed by atoms with Gasteiger partial charge in [-0.25, -0.2) is 0 Å². The average molecular weight is 226 g/mol. The second-order valence-corrected chi connectivity index (χ2v) is 5.83. The Bertz CT molecular complexity index is 242. The van der Waals surface area contributed by atoms with Crippen LogP contribution in [-0.2, 0) is 0 Å². The molecule has 0 aliphatic rings. The molecule has 0 radical (unpaired) electrons. The zero-order valence-electron chi connectivity index (χ0n) is 11.2. The first kappa shape index (κ1) is 15.5. The summed E-state index contributed by atoms with van der Waals surface area (Å²) in [6.45, 7) is 10.4. The van der Waals surface area contributed by atoms with Crippen molar-refractivity contribution in [1.29, 1.82) is 0 Å². The topological polar surface area (TPSA) is 40.5 Å². The number of rotatable bonds is 4. The van der Waals surface area contributed by atoms with Crippen molar-refractivity contribution in [1.82, 2.24) is 0 Å². The Morgan fingerprint density at radius 2 is 1.56 bits per heavy atom. The Morgan fingerprint density at radius 1 is 1.06 bits per heavy atom. The van der Waals surface area contributed by atoms with Crippen LogP contribution < -0.4 is 0 Å². The predicted octanol–water partition coefficient (Wildman–Crippen LogP) is 2.58. The molecule has 0 fully saturated rings. The molecule has 0 saturated carbocycles. The molecule has 2 nitrogen and oxygen atoms in total. The zero-order chi connectivity index (χ0) is 12.8. The first-order valence-electron chi connectivity index (χ1n) is 6.11. The van der Waals surface area contributed by atoms with E-state index in [2.05, 4.69) is 46.5 Å². The highest BCUT2D eigenvalue weighted by Gasteiger charge is 2.15. The number of aliphatic hydroxyl groups is 2. The van der Waals surface area contributed by atoms with Crippen molar-refractivity contribution in [3.63, 3.8) is 0 Å². The molecule has 94 valence electrons. The van der Waals surface area contributed by atoms with Crippen LogP contribution in [0.1, 0.15) is 53.9 Å². The third-order valence-corrected chi connectivity index (χ3v) is 2.54. The number of aliphatic hydroxyl groups excluding tert-OH is 2. The highest BCUT2D eigenvalue weighted by atomic mass is 16.3.